The molecule has 11 nitrogen and oxygen atoms in total. The Bertz CT molecular complexity index is 1180. The number of nitro groups is 2. The Morgan fingerprint density at radius 3 is 2.54 bits per heavy atom. The van der Waals surface area contributed by atoms with Gasteiger partial charge in [-0.25, -0.2) is 0 Å². The van der Waals surface area contributed by atoms with E-state index in [2.05, 4.69) is 9.97 Å². The quantitative estimate of drug-likeness (QED) is 0.482. The van der Waals surface area contributed by atoms with Crippen molar-refractivity contribution in [1.29, 1.82) is 0 Å². The number of nitrogens with zero attached hydrogens (tertiary/aromatic N) is 3. The summed E-state index contributed by atoms with van der Waals surface area (Å²) in [6.07, 6.45) is 2.65. The third-order valence-corrected chi connectivity index (χ3v) is 3.86. The second-order valence-electron chi connectivity index (χ2n) is 5.34. The lowest BCUT2D eigenvalue weighted by atomic mass is 10.1. The van der Waals surface area contributed by atoms with E-state index in [-0.39, 0.29) is 16.5 Å². The van der Waals surface area contributed by atoms with Crippen molar-refractivity contribution in [2.45, 2.75) is 0 Å². The van der Waals surface area contributed by atoms with Gasteiger partial charge in [-0.3, -0.25) is 25.0 Å². The largest absolute Gasteiger partial charge is 0.488 e. The van der Waals surface area contributed by atoms with E-state index in [1.54, 1.807) is 18.2 Å². The number of hydrogen-bond acceptors (Lipinski definition) is 8. The second-order valence-corrected chi connectivity index (χ2v) is 5.75. The lowest BCUT2D eigenvalue weighted by molar-refractivity contribution is -0.387. The van der Waals surface area contributed by atoms with Crippen LogP contribution in [0.4, 0.5) is 11.4 Å². The Balaban J connectivity index is 1.88. The van der Waals surface area contributed by atoms with E-state index in [1.807, 2.05) is 0 Å². The average molecular weight is 405 g/mol. The first-order valence-corrected chi connectivity index (χ1v) is 7.84. The molecule has 0 aliphatic carbocycles. The standard InChI is InChI=1S/C16H9ClN4O7/c17-10-4-1-8(7-11(10)20(24)25)12-5-2-9(28-12)3-6-13-18-15(22)14(21(26)27)16(23)19-13/h1-7H,(H2,18,19,22,23)/b6-3-. The maximum Gasteiger partial charge on any atom is 0.395 e. The van der Waals surface area contributed by atoms with E-state index in [1.165, 1.54) is 24.3 Å². The molecule has 142 valence electrons. The van der Waals surface area contributed by atoms with Crippen molar-refractivity contribution in [2.75, 3.05) is 0 Å². The maximum absolute atomic E-state index is 11.6. The first-order chi connectivity index (χ1) is 13.3. The summed E-state index contributed by atoms with van der Waals surface area (Å²) in [5, 5.41) is 31.1. The van der Waals surface area contributed by atoms with Gasteiger partial charge in [0.1, 0.15) is 22.4 Å². The van der Waals surface area contributed by atoms with E-state index in [4.69, 9.17) is 16.0 Å². The minimum absolute atomic E-state index is 0.00608. The van der Waals surface area contributed by atoms with E-state index in [9.17, 15) is 30.1 Å². The van der Waals surface area contributed by atoms with Crippen LogP contribution in [0.1, 0.15) is 11.6 Å². The van der Waals surface area contributed by atoms with Gasteiger partial charge in [0.25, 0.3) is 11.6 Å². The van der Waals surface area contributed by atoms with Crippen LogP contribution in [0, 0.1) is 20.2 Å². The molecule has 28 heavy (non-hydrogen) atoms. The summed E-state index contributed by atoms with van der Waals surface area (Å²) in [4.78, 5) is 37.2. The van der Waals surface area contributed by atoms with Crippen molar-refractivity contribution in [3.05, 3.63) is 77.5 Å². The molecule has 0 saturated carbocycles. The summed E-state index contributed by atoms with van der Waals surface area (Å²) in [5.74, 6) is -0.518. The Hall–Kier alpha value is -3.99. The average Bonchev–Trinajstić information content (AvgIpc) is 3.08. The van der Waals surface area contributed by atoms with Crippen molar-refractivity contribution < 1.29 is 19.4 Å². The fourth-order valence-corrected chi connectivity index (χ4v) is 2.47. The molecular weight excluding hydrogens is 396 g/mol. The highest BCUT2D eigenvalue weighted by atomic mass is 35.5. The topological polar surface area (TPSA) is 165 Å². The summed E-state index contributed by atoms with van der Waals surface area (Å²) < 4.78 is 5.55. The number of furan rings is 1. The van der Waals surface area contributed by atoms with Gasteiger partial charge in [-0.15, -0.1) is 0 Å². The summed E-state index contributed by atoms with van der Waals surface area (Å²) in [6.45, 7) is 0. The van der Waals surface area contributed by atoms with Crippen LogP contribution in [-0.2, 0) is 0 Å². The number of halogens is 1. The van der Waals surface area contributed by atoms with E-state index in [0.29, 0.717) is 17.1 Å². The SMILES string of the molecule is O=c1[nH]c(/C=C\c2ccc(-c3ccc(Cl)c([N+](=O)[O-])c3)o2)nc(O)c1[N+](=O)[O-]. The molecule has 0 amide bonds. The molecule has 0 atom stereocenters. The number of aromatic nitrogens is 2. The van der Waals surface area contributed by atoms with Gasteiger partial charge in [0.15, 0.2) is 0 Å². The molecule has 12 heteroatoms. The highest BCUT2D eigenvalue weighted by Gasteiger charge is 2.21. The fourth-order valence-electron chi connectivity index (χ4n) is 2.28. The number of rotatable bonds is 5. The van der Waals surface area contributed by atoms with Gasteiger partial charge < -0.3 is 14.5 Å². The van der Waals surface area contributed by atoms with Crippen LogP contribution in [0.15, 0.2) is 39.5 Å². The molecule has 0 bridgehead atoms. The number of aromatic amines is 1. The summed E-state index contributed by atoms with van der Waals surface area (Å²) in [5.41, 5.74) is -2.00. The van der Waals surface area contributed by atoms with Crippen molar-refractivity contribution in [3.8, 4) is 17.2 Å². The van der Waals surface area contributed by atoms with Gasteiger partial charge in [0.05, 0.1) is 9.85 Å². The van der Waals surface area contributed by atoms with Crippen molar-refractivity contribution in [2.24, 2.45) is 0 Å². The Kier molecular flexibility index (Phi) is 4.92. The number of benzene rings is 1. The molecule has 0 unspecified atom stereocenters. The zero-order valence-corrected chi connectivity index (χ0v) is 14.4. The van der Waals surface area contributed by atoms with Crippen LogP contribution in [0.2, 0.25) is 5.02 Å². The van der Waals surface area contributed by atoms with Gasteiger partial charge in [-0.05, 0) is 36.4 Å². The van der Waals surface area contributed by atoms with Crippen LogP contribution in [0.3, 0.4) is 0 Å². The smallest absolute Gasteiger partial charge is 0.395 e. The Labute approximate surface area is 159 Å². The molecule has 0 fully saturated rings. The van der Waals surface area contributed by atoms with E-state index >= 15 is 0 Å². The molecule has 3 aromatic rings. The summed E-state index contributed by atoms with van der Waals surface area (Å²) in [7, 11) is 0. The third kappa shape index (κ3) is 3.73. The summed E-state index contributed by atoms with van der Waals surface area (Å²) >= 11 is 5.78. The predicted molar refractivity (Wildman–Crippen MR) is 97.9 cm³/mol. The van der Waals surface area contributed by atoms with E-state index < -0.39 is 27.0 Å². The van der Waals surface area contributed by atoms with Crippen molar-refractivity contribution >= 4 is 35.1 Å². The van der Waals surface area contributed by atoms with Gasteiger partial charge >= 0.3 is 11.2 Å². The maximum atomic E-state index is 11.6. The zero-order chi connectivity index (χ0) is 20.4. The second kappa shape index (κ2) is 7.32. The molecule has 1 aromatic carbocycles. The Morgan fingerprint density at radius 1 is 1.14 bits per heavy atom. The summed E-state index contributed by atoms with van der Waals surface area (Å²) in [6, 6.07) is 7.31. The zero-order valence-electron chi connectivity index (χ0n) is 13.7. The van der Waals surface area contributed by atoms with Crippen LogP contribution in [0.5, 0.6) is 5.88 Å². The lowest BCUT2D eigenvalue weighted by Crippen LogP contribution is -2.14. The van der Waals surface area contributed by atoms with Gasteiger partial charge in [0.2, 0.25) is 0 Å². The highest BCUT2D eigenvalue weighted by molar-refractivity contribution is 6.32. The van der Waals surface area contributed by atoms with Crippen LogP contribution in [-0.4, -0.2) is 24.9 Å². The van der Waals surface area contributed by atoms with Crippen LogP contribution in [0.25, 0.3) is 23.5 Å². The molecule has 0 spiro atoms. The number of aromatic hydroxyl groups is 1. The van der Waals surface area contributed by atoms with Crippen molar-refractivity contribution in [1.82, 2.24) is 9.97 Å². The fraction of sp³-hybridized carbons (Fsp3) is 0. The monoisotopic (exact) mass is 404 g/mol. The minimum Gasteiger partial charge on any atom is -0.488 e. The third-order valence-electron chi connectivity index (χ3n) is 3.54. The molecule has 0 aliphatic heterocycles. The van der Waals surface area contributed by atoms with E-state index in [0.717, 1.165) is 0 Å². The normalized spacial score (nSPS) is 11.0. The first kappa shape index (κ1) is 18.8. The van der Waals surface area contributed by atoms with Crippen molar-refractivity contribution in [3.63, 3.8) is 0 Å². The highest BCUT2D eigenvalue weighted by Crippen LogP contribution is 2.31. The molecule has 3 rings (SSSR count). The number of nitrogens with one attached hydrogen (secondary N) is 1. The van der Waals surface area contributed by atoms with Crippen LogP contribution < -0.4 is 5.56 Å². The van der Waals surface area contributed by atoms with Gasteiger partial charge in [-0.1, -0.05) is 11.6 Å². The number of hydrogen-bond donors (Lipinski definition) is 2. The Morgan fingerprint density at radius 2 is 1.89 bits per heavy atom. The molecular formula is C16H9ClN4O7. The van der Waals surface area contributed by atoms with Gasteiger partial charge in [0, 0.05) is 11.6 Å². The molecule has 0 aliphatic rings. The van der Waals surface area contributed by atoms with Gasteiger partial charge in [-0.2, -0.15) is 4.98 Å². The lowest BCUT2D eigenvalue weighted by Gasteiger charge is -1.99. The predicted octanol–water partition coefficient (Wildman–Crippen LogP) is 3.38. The minimum atomic E-state index is -1.11. The molecule has 2 heterocycles. The molecule has 0 saturated heterocycles. The molecule has 2 N–H and O–H groups in total. The number of nitro benzene ring substituents is 1. The van der Waals surface area contributed by atoms with Crippen LogP contribution >= 0.6 is 11.6 Å². The molecule has 0 radical (unpaired) electrons. The molecule has 2 aromatic heterocycles. The first-order valence-electron chi connectivity index (χ1n) is 7.46. The number of H-pyrrole nitrogens is 1.